The molecule has 4 aliphatic rings. The van der Waals surface area contributed by atoms with Crippen LogP contribution in [0.15, 0.2) is 0 Å². The van der Waals surface area contributed by atoms with Crippen molar-refractivity contribution in [1.29, 1.82) is 0 Å². The molecule has 0 bridgehead atoms. The fourth-order valence-electron chi connectivity index (χ4n) is 9.70. The van der Waals surface area contributed by atoms with Crippen LogP contribution in [0.5, 0.6) is 0 Å². The number of hydrogen-bond donors (Lipinski definition) is 1. The lowest BCUT2D eigenvalue weighted by atomic mass is 9.44. The fourth-order valence-corrected chi connectivity index (χ4v) is 9.70. The Hall–Kier alpha value is -0.530. The van der Waals surface area contributed by atoms with Crippen molar-refractivity contribution < 1.29 is 4.79 Å². The van der Waals surface area contributed by atoms with Crippen molar-refractivity contribution in [2.45, 2.75) is 125 Å². The van der Waals surface area contributed by atoms with Gasteiger partial charge in [-0.05, 0) is 110 Å². The Morgan fingerprint density at radius 3 is 2.32 bits per heavy atom. The molecule has 0 heterocycles. The van der Waals surface area contributed by atoms with Crippen molar-refractivity contribution in [1.82, 2.24) is 5.32 Å². The normalized spacial score (nSPS) is 45.5. The predicted molar refractivity (Wildman–Crippen MR) is 131 cm³/mol. The van der Waals surface area contributed by atoms with E-state index in [-0.39, 0.29) is 5.91 Å². The summed E-state index contributed by atoms with van der Waals surface area (Å²) < 4.78 is 0. The Morgan fingerprint density at radius 2 is 1.61 bits per heavy atom. The molecule has 2 heteroatoms. The lowest BCUT2D eigenvalue weighted by Gasteiger charge is -2.61. The molecule has 0 aliphatic heterocycles. The average Bonchev–Trinajstić information content (AvgIpc) is 3.05. The number of carbonyl (C=O) groups excluding carboxylic acids is 1. The van der Waals surface area contributed by atoms with Gasteiger partial charge in [0.2, 0.25) is 5.91 Å². The van der Waals surface area contributed by atoms with E-state index in [2.05, 4.69) is 39.9 Å². The Balaban J connectivity index is 1.43. The van der Waals surface area contributed by atoms with E-state index in [1.54, 1.807) is 6.92 Å². The summed E-state index contributed by atoms with van der Waals surface area (Å²) in [7, 11) is 0. The van der Waals surface area contributed by atoms with Crippen LogP contribution in [0.2, 0.25) is 0 Å². The zero-order valence-corrected chi connectivity index (χ0v) is 21.5. The smallest absolute Gasteiger partial charge is 0.217 e. The first-order chi connectivity index (χ1) is 14.6. The Kier molecular flexibility index (Phi) is 6.87. The molecule has 0 saturated heterocycles. The van der Waals surface area contributed by atoms with E-state index in [1.165, 1.54) is 77.0 Å². The summed E-state index contributed by atoms with van der Waals surface area (Å²) in [5.41, 5.74) is 1.13. The standard InChI is InChI=1S/C29H51NO/c1-19(2)8-7-9-20(3)25-12-13-26-24-11-10-22-18-23(30-21(4)31)14-16-28(22,5)27(24)15-17-29(25,26)6/h19-20,22-27H,7-18H2,1-6H3,(H,30,31)/t20-,22+,23+,24-,25-,26+,27-,28+,29-/m1/s1. The van der Waals surface area contributed by atoms with E-state index in [1.807, 2.05) is 0 Å². The Morgan fingerprint density at radius 1 is 0.903 bits per heavy atom. The van der Waals surface area contributed by atoms with Gasteiger partial charge in [-0.3, -0.25) is 4.79 Å². The second-order valence-corrected chi connectivity index (χ2v) is 13.4. The second kappa shape index (κ2) is 9.02. The van der Waals surface area contributed by atoms with E-state index in [0.29, 0.717) is 16.9 Å². The Labute approximate surface area is 193 Å². The quantitative estimate of drug-likeness (QED) is 0.462. The molecule has 4 saturated carbocycles. The molecule has 0 aromatic heterocycles. The van der Waals surface area contributed by atoms with Crippen LogP contribution in [0.1, 0.15) is 119 Å². The molecule has 2 nitrogen and oxygen atoms in total. The SMILES string of the molecule is CC(=O)N[C@H]1CC[C@@]2(C)[C@@H](CC[C@H]3[C@H]2CC[C@]2(C)[C@@H]([C@H](C)CCCC(C)C)CC[C@@H]32)C1. The van der Waals surface area contributed by atoms with Crippen molar-refractivity contribution in [2.24, 2.45) is 52.3 Å². The highest BCUT2D eigenvalue weighted by Crippen LogP contribution is 2.68. The second-order valence-electron chi connectivity index (χ2n) is 13.4. The maximum atomic E-state index is 11.6. The van der Waals surface area contributed by atoms with E-state index in [0.717, 1.165) is 41.4 Å². The molecule has 0 radical (unpaired) electrons. The van der Waals surface area contributed by atoms with Gasteiger partial charge in [-0.1, -0.05) is 53.9 Å². The van der Waals surface area contributed by atoms with Gasteiger partial charge in [-0.2, -0.15) is 0 Å². The third kappa shape index (κ3) is 4.35. The van der Waals surface area contributed by atoms with Crippen LogP contribution >= 0.6 is 0 Å². The van der Waals surface area contributed by atoms with Crippen LogP contribution in [0, 0.1) is 52.3 Å². The fraction of sp³-hybridized carbons (Fsp3) is 0.966. The lowest BCUT2D eigenvalue weighted by Crippen LogP contribution is -2.55. The van der Waals surface area contributed by atoms with Crippen molar-refractivity contribution >= 4 is 5.91 Å². The van der Waals surface area contributed by atoms with Gasteiger partial charge in [0.15, 0.2) is 0 Å². The van der Waals surface area contributed by atoms with Gasteiger partial charge in [-0.15, -0.1) is 0 Å². The van der Waals surface area contributed by atoms with Gasteiger partial charge in [0.25, 0.3) is 0 Å². The topological polar surface area (TPSA) is 29.1 Å². The van der Waals surface area contributed by atoms with E-state index in [9.17, 15) is 4.79 Å². The zero-order chi connectivity index (χ0) is 22.4. The van der Waals surface area contributed by atoms with Crippen LogP contribution in [0.4, 0.5) is 0 Å². The molecule has 31 heavy (non-hydrogen) atoms. The molecule has 0 spiro atoms. The number of hydrogen-bond acceptors (Lipinski definition) is 1. The highest BCUT2D eigenvalue weighted by atomic mass is 16.1. The zero-order valence-electron chi connectivity index (χ0n) is 21.5. The minimum absolute atomic E-state index is 0.162. The summed E-state index contributed by atoms with van der Waals surface area (Å²) in [6.07, 6.45) is 16.9. The van der Waals surface area contributed by atoms with E-state index < -0.39 is 0 Å². The molecule has 1 N–H and O–H groups in total. The van der Waals surface area contributed by atoms with E-state index in [4.69, 9.17) is 0 Å². The Bertz CT molecular complexity index is 643. The van der Waals surface area contributed by atoms with Crippen molar-refractivity contribution in [3.05, 3.63) is 0 Å². The third-order valence-electron chi connectivity index (χ3n) is 11.3. The monoisotopic (exact) mass is 429 g/mol. The molecular weight excluding hydrogens is 378 g/mol. The number of fused-ring (bicyclic) bond motifs is 5. The molecule has 4 aliphatic carbocycles. The first-order valence-corrected chi connectivity index (χ1v) is 13.9. The van der Waals surface area contributed by atoms with Crippen LogP contribution in [0.25, 0.3) is 0 Å². The average molecular weight is 430 g/mol. The number of carbonyl (C=O) groups is 1. The maximum absolute atomic E-state index is 11.6. The molecule has 178 valence electrons. The molecular formula is C29H51NO. The number of rotatable bonds is 6. The number of nitrogens with one attached hydrogen (secondary N) is 1. The molecule has 4 rings (SSSR count). The van der Waals surface area contributed by atoms with Gasteiger partial charge in [0.1, 0.15) is 0 Å². The summed E-state index contributed by atoms with van der Waals surface area (Å²) in [5.74, 6) is 6.62. The third-order valence-corrected chi connectivity index (χ3v) is 11.3. The summed E-state index contributed by atoms with van der Waals surface area (Å²) in [6.45, 7) is 14.4. The van der Waals surface area contributed by atoms with Crippen LogP contribution in [-0.2, 0) is 4.79 Å². The van der Waals surface area contributed by atoms with Gasteiger partial charge in [0, 0.05) is 13.0 Å². The first kappa shape index (κ1) is 23.6. The largest absolute Gasteiger partial charge is 0.354 e. The van der Waals surface area contributed by atoms with Gasteiger partial charge in [-0.25, -0.2) is 0 Å². The van der Waals surface area contributed by atoms with Gasteiger partial charge < -0.3 is 5.32 Å². The van der Waals surface area contributed by atoms with Gasteiger partial charge in [0.05, 0.1) is 0 Å². The van der Waals surface area contributed by atoms with Crippen molar-refractivity contribution in [3.63, 3.8) is 0 Å². The summed E-state index contributed by atoms with van der Waals surface area (Å²) in [5, 5.41) is 3.25. The predicted octanol–water partition coefficient (Wildman–Crippen LogP) is 7.61. The minimum Gasteiger partial charge on any atom is -0.354 e. The van der Waals surface area contributed by atoms with E-state index >= 15 is 0 Å². The maximum Gasteiger partial charge on any atom is 0.217 e. The molecule has 4 fully saturated rings. The molecule has 0 aromatic carbocycles. The van der Waals surface area contributed by atoms with Gasteiger partial charge >= 0.3 is 0 Å². The van der Waals surface area contributed by atoms with Crippen LogP contribution in [0.3, 0.4) is 0 Å². The highest BCUT2D eigenvalue weighted by Gasteiger charge is 2.60. The van der Waals surface area contributed by atoms with Crippen LogP contribution in [-0.4, -0.2) is 11.9 Å². The van der Waals surface area contributed by atoms with Crippen LogP contribution < -0.4 is 5.32 Å². The lowest BCUT2D eigenvalue weighted by molar-refractivity contribution is -0.126. The summed E-state index contributed by atoms with van der Waals surface area (Å²) >= 11 is 0. The molecule has 0 unspecified atom stereocenters. The highest BCUT2D eigenvalue weighted by molar-refractivity contribution is 5.73. The van der Waals surface area contributed by atoms with Crippen molar-refractivity contribution in [2.75, 3.05) is 0 Å². The summed E-state index contributed by atoms with van der Waals surface area (Å²) in [6, 6.07) is 0.434. The number of amides is 1. The molecule has 0 aromatic rings. The van der Waals surface area contributed by atoms with Crippen molar-refractivity contribution in [3.8, 4) is 0 Å². The first-order valence-electron chi connectivity index (χ1n) is 13.9. The molecule has 1 amide bonds. The minimum atomic E-state index is 0.162. The molecule has 9 atom stereocenters. The summed E-state index contributed by atoms with van der Waals surface area (Å²) in [4.78, 5) is 11.6.